The number of amides is 1. The minimum atomic E-state index is -0.358. The Kier molecular flexibility index (Phi) is 4.19. The molecule has 0 unspecified atom stereocenters. The van der Waals surface area contributed by atoms with Crippen LogP contribution in [0.25, 0.3) is 10.2 Å². The first-order valence-corrected chi connectivity index (χ1v) is 8.16. The Balaban J connectivity index is 1.87. The van der Waals surface area contributed by atoms with Crippen molar-refractivity contribution in [1.29, 1.82) is 0 Å². The van der Waals surface area contributed by atoms with Gasteiger partial charge in [0.25, 0.3) is 5.56 Å². The molecule has 0 aliphatic heterocycles. The summed E-state index contributed by atoms with van der Waals surface area (Å²) < 4.78 is 14.5. The normalized spacial score (nSPS) is 11.0. The highest BCUT2D eigenvalue weighted by Gasteiger charge is 2.15. The molecule has 0 fully saturated rings. The van der Waals surface area contributed by atoms with Gasteiger partial charge in [-0.1, -0.05) is 0 Å². The molecule has 0 saturated heterocycles. The van der Waals surface area contributed by atoms with Gasteiger partial charge in [0, 0.05) is 11.4 Å². The van der Waals surface area contributed by atoms with Crippen LogP contribution in [0.2, 0.25) is 0 Å². The number of carbonyl (C=O) groups excluding carboxylic acids is 1. The Morgan fingerprint density at radius 2 is 2.00 bits per heavy atom. The second kappa shape index (κ2) is 6.16. The number of carbonyl (C=O) groups is 1. The fourth-order valence-corrected chi connectivity index (χ4v) is 3.68. The van der Waals surface area contributed by atoms with Gasteiger partial charge in [0.15, 0.2) is 0 Å². The zero-order valence-electron chi connectivity index (χ0n) is 13.5. The van der Waals surface area contributed by atoms with Crippen LogP contribution in [0.4, 0.5) is 10.1 Å². The Labute approximate surface area is 141 Å². The number of nitrogens with zero attached hydrogens (tertiary/aromatic N) is 2. The average molecular weight is 345 g/mol. The largest absolute Gasteiger partial charge is 0.324 e. The molecule has 24 heavy (non-hydrogen) atoms. The zero-order chi connectivity index (χ0) is 17.4. The lowest BCUT2D eigenvalue weighted by molar-refractivity contribution is -0.116. The monoisotopic (exact) mass is 345 g/mol. The molecule has 2 aromatic heterocycles. The number of anilines is 1. The Morgan fingerprint density at radius 1 is 1.25 bits per heavy atom. The highest BCUT2D eigenvalue weighted by Crippen LogP contribution is 2.19. The van der Waals surface area contributed by atoms with E-state index in [9.17, 15) is 14.0 Å². The third kappa shape index (κ3) is 3.07. The summed E-state index contributed by atoms with van der Waals surface area (Å²) in [6.45, 7) is 5.33. The van der Waals surface area contributed by atoms with Gasteiger partial charge in [-0.15, -0.1) is 0 Å². The first-order chi connectivity index (χ1) is 11.3. The van der Waals surface area contributed by atoms with Gasteiger partial charge in [0.05, 0.1) is 5.39 Å². The molecule has 2 heterocycles. The first kappa shape index (κ1) is 16.3. The summed E-state index contributed by atoms with van der Waals surface area (Å²) in [5.41, 5.74) is 2.62. The van der Waals surface area contributed by atoms with Gasteiger partial charge in [-0.2, -0.15) is 0 Å². The fourth-order valence-electron chi connectivity index (χ4n) is 2.59. The summed E-state index contributed by atoms with van der Waals surface area (Å²) in [5.74, 6) is -0.698. The number of pyridine rings is 1. The van der Waals surface area contributed by atoms with E-state index in [0.29, 0.717) is 21.5 Å². The second-order valence-electron chi connectivity index (χ2n) is 5.70. The van der Waals surface area contributed by atoms with E-state index in [2.05, 4.69) is 10.3 Å². The van der Waals surface area contributed by atoms with E-state index in [0.717, 1.165) is 11.3 Å². The lowest BCUT2D eigenvalue weighted by atomic mass is 10.2. The number of benzene rings is 1. The predicted molar refractivity (Wildman–Crippen MR) is 93.1 cm³/mol. The van der Waals surface area contributed by atoms with Crippen molar-refractivity contribution in [2.75, 3.05) is 5.32 Å². The molecule has 3 rings (SSSR count). The maximum absolute atomic E-state index is 13.1. The Hall–Kier alpha value is -2.54. The number of hydrogen-bond donors (Lipinski definition) is 1. The van der Waals surface area contributed by atoms with Crippen molar-refractivity contribution in [3.8, 4) is 0 Å². The number of rotatable bonds is 3. The molecule has 0 bridgehead atoms. The molecule has 0 aliphatic carbocycles. The summed E-state index contributed by atoms with van der Waals surface area (Å²) >= 11 is 1.17. The van der Waals surface area contributed by atoms with E-state index in [1.165, 1.54) is 33.7 Å². The van der Waals surface area contributed by atoms with Gasteiger partial charge < -0.3 is 5.32 Å². The summed E-state index contributed by atoms with van der Waals surface area (Å²) in [6.07, 6.45) is 0. The zero-order valence-corrected chi connectivity index (χ0v) is 14.3. The maximum atomic E-state index is 13.1. The third-order valence-electron chi connectivity index (χ3n) is 3.70. The van der Waals surface area contributed by atoms with Crippen LogP contribution in [0.1, 0.15) is 16.8 Å². The summed E-state index contributed by atoms with van der Waals surface area (Å²) in [6, 6.07) is 5.98. The molecular formula is C17H16FN3O2S. The van der Waals surface area contributed by atoms with E-state index in [4.69, 9.17) is 0 Å². The van der Waals surface area contributed by atoms with E-state index < -0.39 is 0 Å². The SMILES string of the molecule is Cc1cc(C)c2c(=O)n(CC(=O)Nc3ccc(F)cc3C)sc2n1. The molecular weight excluding hydrogens is 329 g/mol. The van der Waals surface area contributed by atoms with Crippen LogP contribution >= 0.6 is 11.5 Å². The summed E-state index contributed by atoms with van der Waals surface area (Å²) in [4.78, 5) is 29.7. The standard InChI is InChI=1S/C17H16FN3O2S/c1-9-7-12(18)4-5-13(9)20-14(22)8-21-17(23)15-10(2)6-11(3)19-16(15)24-21/h4-7H,8H2,1-3H3,(H,20,22). The Morgan fingerprint density at radius 3 is 2.71 bits per heavy atom. The van der Waals surface area contributed by atoms with Gasteiger partial charge in [-0.3, -0.25) is 13.5 Å². The number of halogens is 1. The topological polar surface area (TPSA) is 64.0 Å². The maximum Gasteiger partial charge on any atom is 0.270 e. The fraction of sp³-hybridized carbons (Fsp3) is 0.235. The first-order valence-electron chi connectivity index (χ1n) is 7.39. The lowest BCUT2D eigenvalue weighted by Crippen LogP contribution is -2.24. The van der Waals surface area contributed by atoms with Crippen molar-refractivity contribution in [3.05, 3.63) is 57.3 Å². The molecule has 0 aliphatic rings. The van der Waals surface area contributed by atoms with E-state index in [-0.39, 0.29) is 23.8 Å². The molecule has 0 saturated carbocycles. The van der Waals surface area contributed by atoms with Gasteiger partial charge >= 0.3 is 0 Å². The number of aromatic nitrogens is 2. The van der Waals surface area contributed by atoms with Crippen LogP contribution in [0.15, 0.2) is 29.1 Å². The molecule has 1 aromatic carbocycles. The molecule has 0 atom stereocenters. The quantitative estimate of drug-likeness (QED) is 0.793. The van der Waals surface area contributed by atoms with Crippen LogP contribution in [0, 0.1) is 26.6 Å². The van der Waals surface area contributed by atoms with Crippen molar-refractivity contribution in [2.45, 2.75) is 27.3 Å². The minimum absolute atomic E-state index is 0.102. The Bertz CT molecular complexity index is 1010. The highest BCUT2D eigenvalue weighted by molar-refractivity contribution is 7.13. The molecule has 0 spiro atoms. The van der Waals surface area contributed by atoms with Gasteiger partial charge in [0.1, 0.15) is 17.2 Å². The van der Waals surface area contributed by atoms with E-state index >= 15 is 0 Å². The molecule has 124 valence electrons. The molecule has 3 aromatic rings. The van der Waals surface area contributed by atoms with Gasteiger partial charge in [-0.05, 0) is 67.7 Å². The van der Waals surface area contributed by atoms with Crippen LogP contribution in [-0.4, -0.2) is 14.8 Å². The van der Waals surface area contributed by atoms with Crippen LogP contribution in [-0.2, 0) is 11.3 Å². The molecule has 5 nitrogen and oxygen atoms in total. The minimum Gasteiger partial charge on any atom is -0.324 e. The van der Waals surface area contributed by atoms with Crippen LogP contribution < -0.4 is 10.9 Å². The van der Waals surface area contributed by atoms with Gasteiger partial charge in [0.2, 0.25) is 5.91 Å². The summed E-state index contributed by atoms with van der Waals surface area (Å²) in [7, 11) is 0. The molecule has 7 heteroatoms. The number of hydrogen-bond acceptors (Lipinski definition) is 4. The van der Waals surface area contributed by atoms with Crippen molar-refractivity contribution in [2.24, 2.45) is 0 Å². The van der Waals surface area contributed by atoms with Crippen molar-refractivity contribution in [3.63, 3.8) is 0 Å². The summed E-state index contributed by atoms with van der Waals surface area (Å²) in [5, 5.41) is 3.26. The predicted octanol–water partition coefficient (Wildman–Crippen LogP) is 3.16. The van der Waals surface area contributed by atoms with Crippen molar-refractivity contribution < 1.29 is 9.18 Å². The van der Waals surface area contributed by atoms with Crippen LogP contribution in [0.3, 0.4) is 0 Å². The molecule has 0 radical (unpaired) electrons. The molecule has 1 amide bonds. The number of aryl methyl sites for hydroxylation is 3. The molecule has 1 N–H and O–H groups in total. The van der Waals surface area contributed by atoms with Crippen molar-refractivity contribution in [1.82, 2.24) is 8.94 Å². The van der Waals surface area contributed by atoms with Crippen molar-refractivity contribution >= 4 is 33.3 Å². The van der Waals surface area contributed by atoms with Crippen LogP contribution in [0.5, 0.6) is 0 Å². The van der Waals surface area contributed by atoms with E-state index in [1.807, 2.05) is 19.9 Å². The van der Waals surface area contributed by atoms with E-state index in [1.54, 1.807) is 6.92 Å². The average Bonchev–Trinajstić information content (AvgIpc) is 2.78. The highest BCUT2D eigenvalue weighted by atomic mass is 32.1. The number of fused-ring (bicyclic) bond motifs is 1. The smallest absolute Gasteiger partial charge is 0.270 e. The number of nitrogens with one attached hydrogen (secondary N) is 1. The lowest BCUT2D eigenvalue weighted by Gasteiger charge is -2.08. The van der Waals surface area contributed by atoms with Gasteiger partial charge in [-0.25, -0.2) is 9.37 Å². The third-order valence-corrected chi connectivity index (χ3v) is 4.68. The second-order valence-corrected chi connectivity index (χ2v) is 6.71.